The molecule has 1 fully saturated rings. The zero-order chi connectivity index (χ0) is 42.1. The molecule has 7 rings (SSSR count). The topological polar surface area (TPSA) is 156 Å². The van der Waals surface area contributed by atoms with Gasteiger partial charge in [0, 0.05) is 54.1 Å². The summed E-state index contributed by atoms with van der Waals surface area (Å²) in [5.41, 5.74) is -4.33. The Hall–Kier alpha value is -5.65. The molecule has 1 saturated carbocycles. The number of carbonyl (C=O) groups excluding carboxylic acids is 1. The molecule has 3 N–H and O–H groups in total. The van der Waals surface area contributed by atoms with E-state index in [2.05, 4.69) is 41.5 Å². The van der Waals surface area contributed by atoms with Crippen LogP contribution in [-0.2, 0) is 47.1 Å². The van der Waals surface area contributed by atoms with E-state index in [1.807, 2.05) is 0 Å². The number of pyridine rings is 1. The molecule has 2 aromatic carbocycles. The number of rotatable bonds is 10. The molecule has 1 amide bonds. The Bertz CT molecular complexity index is 2690. The number of carbonyl (C=O) groups is 1. The Kier molecular flexibility index (Phi) is 10.0. The minimum atomic E-state index is -5.09. The zero-order valence-corrected chi connectivity index (χ0v) is 31.8. The molecule has 0 unspecified atom stereocenters. The monoisotopic (exact) mass is 830 g/mol. The number of aliphatic hydroxyl groups is 1. The first-order chi connectivity index (χ1) is 27.1. The average molecular weight is 831 g/mol. The van der Waals surface area contributed by atoms with Crippen molar-refractivity contribution in [3.05, 3.63) is 94.1 Å². The first-order valence-corrected chi connectivity index (χ1v) is 19.2. The number of amides is 1. The SMILES string of the molecule is CCNS(=O)(=O)Nc1nn(C)c2c(-c3ccc(C#CC(C)(C)O)nc3C(Cc3cc(F)cc(F)c3)=NC(=O)Cn3nc(C(F)(F)F)c4c3C(F)(F)[C@@H]3C[C@H]43)cccc12. The summed E-state index contributed by atoms with van der Waals surface area (Å²) in [7, 11) is -2.52. The predicted molar refractivity (Wildman–Crippen MR) is 197 cm³/mol. The van der Waals surface area contributed by atoms with Gasteiger partial charge in [0.25, 0.3) is 22.0 Å². The lowest BCUT2D eigenvalue weighted by molar-refractivity contribution is -0.142. The molecule has 0 aliphatic heterocycles. The number of alkyl halides is 5. The van der Waals surface area contributed by atoms with Crippen molar-refractivity contribution in [2.75, 3.05) is 11.3 Å². The maximum absolute atomic E-state index is 15.4. The van der Waals surface area contributed by atoms with Gasteiger partial charge in [-0.05, 0) is 68.0 Å². The third kappa shape index (κ3) is 7.93. The molecule has 304 valence electrons. The fourth-order valence-corrected chi connectivity index (χ4v) is 8.01. The second-order valence-electron chi connectivity index (χ2n) is 14.4. The molecular weight excluding hydrogens is 798 g/mol. The summed E-state index contributed by atoms with van der Waals surface area (Å²) in [5, 5.41) is 18.4. The van der Waals surface area contributed by atoms with E-state index < -0.39 is 87.2 Å². The van der Waals surface area contributed by atoms with Gasteiger partial charge in [0.05, 0.1) is 16.9 Å². The van der Waals surface area contributed by atoms with Crippen LogP contribution < -0.4 is 9.44 Å². The van der Waals surface area contributed by atoms with Gasteiger partial charge in [-0.25, -0.2) is 18.8 Å². The van der Waals surface area contributed by atoms with Crippen LogP contribution in [0.15, 0.2) is 53.5 Å². The molecule has 12 nitrogen and oxygen atoms in total. The van der Waals surface area contributed by atoms with Crippen LogP contribution >= 0.6 is 0 Å². The second-order valence-corrected chi connectivity index (χ2v) is 15.9. The maximum atomic E-state index is 15.4. The molecule has 2 atom stereocenters. The molecule has 0 saturated heterocycles. The van der Waals surface area contributed by atoms with Crippen molar-refractivity contribution < 1.29 is 49.1 Å². The smallest absolute Gasteiger partial charge is 0.378 e. The van der Waals surface area contributed by atoms with E-state index in [4.69, 9.17) is 0 Å². The lowest BCUT2D eigenvalue weighted by Crippen LogP contribution is -2.30. The van der Waals surface area contributed by atoms with Crippen LogP contribution in [-0.4, -0.2) is 61.8 Å². The van der Waals surface area contributed by atoms with Crippen LogP contribution in [0.1, 0.15) is 67.0 Å². The lowest BCUT2D eigenvalue weighted by Gasteiger charge is -2.16. The van der Waals surface area contributed by atoms with E-state index in [0.717, 1.165) is 12.1 Å². The number of nitrogens with zero attached hydrogens (tertiary/aromatic N) is 6. The summed E-state index contributed by atoms with van der Waals surface area (Å²) in [6.07, 6.45) is -5.78. The quantitative estimate of drug-likeness (QED) is 0.0888. The molecule has 20 heteroatoms. The summed E-state index contributed by atoms with van der Waals surface area (Å²) in [6.45, 7) is 3.32. The minimum Gasteiger partial charge on any atom is -0.378 e. The van der Waals surface area contributed by atoms with Gasteiger partial charge in [0.2, 0.25) is 0 Å². The van der Waals surface area contributed by atoms with Gasteiger partial charge in [-0.2, -0.15) is 45.3 Å². The first kappa shape index (κ1) is 40.5. The van der Waals surface area contributed by atoms with Gasteiger partial charge in [0.15, 0.2) is 11.5 Å². The van der Waals surface area contributed by atoms with Crippen molar-refractivity contribution in [3.8, 4) is 23.0 Å². The van der Waals surface area contributed by atoms with E-state index in [1.165, 1.54) is 37.7 Å². The van der Waals surface area contributed by atoms with E-state index in [-0.39, 0.29) is 47.0 Å². The predicted octanol–water partition coefficient (Wildman–Crippen LogP) is 5.98. The van der Waals surface area contributed by atoms with Crippen molar-refractivity contribution in [3.63, 3.8) is 0 Å². The Balaban J connectivity index is 1.42. The van der Waals surface area contributed by atoms with E-state index >= 15 is 8.78 Å². The molecule has 58 heavy (non-hydrogen) atoms. The number of nitrogens with one attached hydrogen (secondary N) is 2. The van der Waals surface area contributed by atoms with E-state index in [1.54, 1.807) is 25.1 Å². The van der Waals surface area contributed by atoms with Crippen molar-refractivity contribution in [1.29, 1.82) is 0 Å². The van der Waals surface area contributed by atoms with Gasteiger partial charge in [-0.3, -0.25) is 18.9 Å². The molecule has 3 aromatic heterocycles. The van der Waals surface area contributed by atoms with Gasteiger partial charge >= 0.3 is 6.18 Å². The summed E-state index contributed by atoms with van der Waals surface area (Å²) in [4.78, 5) is 22.6. The van der Waals surface area contributed by atoms with Crippen LogP contribution in [0.25, 0.3) is 22.0 Å². The number of aryl methyl sites for hydroxylation is 1. The van der Waals surface area contributed by atoms with Crippen LogP contribution in [0.4, 0.5) is 36.6 Å². The number of anilines is 1. The molecular formula is C38H33F7N8O4S. The van der Waals surface area contributed by atoms with E-state index in [9.17, 15) is 40.3 Å². The number of aromatic nitrogens is 5. The number of benzene rings is 2. The fraction of sp³-hybridized carbons (Fsp3) is 0.342. The maximum Gasteiger partial charge on any atom is 0.435 e. The lowest BCUT2D eigenvalue weighted by atomic mass is 9.95. The Morgan fingerprint density at radius 2 is 1.78 bits per heavy atom. The number of fused-ring (bicyclic) bond motifs is 4. The van der Waals surface area contributed by atoms with Crippen molar-refractivity contribution in [2.45, 2.75) is 63.8 Å². The normalized spacial score (nSPS) is 17.5. The number of aliphatic imine (C=N–C) groups is 1. The molecule has 2 aliphatic rings. The Labute approximate surface area is 326 Å². The molecule has 5 aromatic rings. The highest BCUT2D eigenvalue weighted by Crippen LogP contribution is 2.68. The minimum absolute atomic E-state index is 0.0151. The first-order valence-electron chi connectivity index (χ1n) is 17.7. The number of hydrogen-bond donors (Lipinski definition) is 3. The number of halogens is 7. The van der Waals surface area contributed by atoms with Crippen LogP contribution in [0, 0.1) is 29.4 Å². The number of para-hydroxylation sites is 1. The number of hydrogen-bond acceptors (Lipinski definition) is 7. The van der Waals surface area contributed by atoms with Crippen LogP contribution in [0.3, 0.4) is 0 Å². The molecule has 0 spiro atoms. The summed E-state index contributed by atoms with van der Waals surface area (Å²) in [5.74, 6) is -4.10. The molecule has 2 aliphatic carbocycles. The van der Waals surface area contributed by atoms with E-state index in [0.29, 0.717) is 27.2 Å². The summed E-state index contributed by atoms with van der Waals surface area (Å²) in [6, 6.07) is 10.2. The highest BCUT2D eigenvalue weighted by molar-refractivity contribution is 7.90. The van der Waals surface area contributed by atoms with Crippen LogP contribution in [0.2, 0.25) is 0 Å². The molecule has 0 radical (unpaired) electrons. The standard InChI is InChI=1S/C38H33F7N8O4S/c1-5-46-58(56,57)51-35-25-8-6-7-24(32(25)52(4)50-35)23-10-9-22(11-12-36(2,3)55)47-31(23)28(15-19-13-20(39)16-21(40)14-19)48-29(54)18-53-34-30(33(49-53)38(43,44)45)26-17-27(26)37(34,41)42/h6-10,13-14,16,26-27,46,55H,5,15,17-18H2,1-4H3,(H,50,51)/t26-,27+/m0/s1. The largest absolute Gasteiger partial charge is 0.435 e. The highest BCUT2D eigenvalue weighted by atomic mass is 32.2. The third-order valence-corrected chi connectivity index (χ3v) is 10.6. The van der Waals surface area contributed by atoms with Crippen molar-refractivity contribution in [2.24, 2.45) is 18.0 Å². The Morgan fingerprint density at radius 3 is 2.43 bits per heavy atom. The second kappa shape index (κ2) is 14.3. The summed E-state index contributed by atoms with van der Waals surface area (Å²) >= 11 is 0. The van der Waals surface area contributed by atoms with Gasteiger partial charge in [-0.15, -0.1) is 0 Å². The molecule has 3 heterocycles. The van der Waals surface area contributed by atoms with Gasteiger partial charge in [0.1, 0.15) is 35.2 Å². The van der Waals surface area contributed by atoms with Crippen molar-refractivity contribution in [1.82, 2.24) is 29.3 Å². The fourth-order valence-electron chi connectivity index (χ4n) is 7.16. The average Bonchev–Trinajstić information content (AvgIpc) is 3.65. The molecule has 0 bridgehead atoms. The van der Waals surface area contributed by atoms with Crippen LogP contribution in [0.5, 0.6) is 0 Å². The van der Waals surface area contributed by atoms with Crippen molar-refractivity contribution >= 4 is 38.5 Å². The zero-order valence-electron chi connectivity index (χ0n) is 31.0. The van der Waals surface area contributed by atoms with Gasteiger partial charge in [-0.1, -0.05) is 25.0 Å². The summed E-state index contributed by atoms with van der Waals surface area (Å²) < 4.78 is 134. The third-order valence-electron chi connectivity index (χ3n) is 9.42. The Morgan fingerprint density at radius 1 is 1.07 bits per heavy atom. The van der Waals surface area contributed by atoms with Gasteiger partial charge < -0.3 is 5.11 Å². The highest BCUT2D eigenvalue weighted by Gasteiger charge is 2.68.